The molecule has 0 bridgehead atoms. The Morgan fingerprint density at radius 2 is 2.00 bits per heavy atom. The van der Waals surface area contributed by atoms with Gasteiger partial charge in [0.1, 0.15) is 6.10 Å². The number of rotatable bonds is 9. The number of carbonyl (C=O) groups excluding carboxylic acids is 1. The molecule has 0 spiro atoms. The molecule has 0 aliphatic heterocycles. The number of aliphatic carboxylic acids is 1. The first-order valence-corrected chi connectivity index (χ1v) is 6.08. The molecule has 0 aromatic heterocycles. The van der Waals surface area contributed by atoms with Crippen molar-refractivity contribution in [3.05, 3.63) is 0 Å². The number of hydrogen-bond donors (Lipinski definition) is 2. The molecular formula is C12H23NO4. The second-order valence-electron chi connectivity index (χ2n) is 4.31. The first-order chi connectivity index (χ1) is 7.97. The summed E-state index contributed by atoms with van der Waals surface area (Å²) in [5.41, 5.74) is 0. The van der Waals surface area contributed by atoms with E-state index in [0.717, 1.165) is 12.8 Å². The molecule has 0 aromatic carbocycles. The Morgan fingerprint density at radius 3 is 2.53 bits per heavy atom. The Hall–Kier alpha value is -1.10. The molecule has 5 heteroatoms. The van der Waals surface area contributed by atoms with Crippen LogP contribution in [0.15, 0.2) is 0 Å². The van der Waals surface area contributed by atoms with Crippen LogP contribution in [0.3, 0.4) is 0 Å². The highest BCUT2D eigenvalue weighted by atomic mass is 16.5. The van der Waals surface area contributed by atoms with E-state index < -0.39 is 12.1 Å². The highest BCUT2D eigenvalue weighted by molar-refractivity contribution is 5.80. The third-order valence-corrected chi connectivity index (χ3v) is 2.38. The van der Waals surface area contributed by atoms with E-state index in [1.165, 1.54) is 0 Å². The molecule has 17 heavy (non-hydrogen) atoms. The van der Waals surface area contributed by atoms with Gasteiger partial charge in [0.15, 0.2) is 0 Å². The van der Waals surface area contributed by atoms with E-state index in [4.69, 9.17) is 9.84 Å². The largest absolute Gasteiger partial charge is 0.481 e. The van der Waals surface area contributed by atoms with Crippen LogP contribution in [0, 0.1) is 5.92 Å². The molecule has 0 radical (unpaired) electrons. The minimum atomic E-state index is -0.848. The van der Waals surface area contributed by atoms with Gasteiger partial charge in [0, 0.05) is 19.6 Å². The van der Waals surface area contributed by atoms with Gasteiger partial charge in [-0.2, -0.15) is 0 Å². The zero-order chi connectivity index (χ0) is 13.3. The predicted octanol–water partition coefficient (Wildman–Crippen LogP) is 1.42. The van der Waals surface area contributed by atoms with Crippen LogP contribution in [0.2, 0.25) is 0 Å². The van der Waals surface area contributed by atoms with Gasteiger partial charge in [-0.3, -0.25) is 9.59 Å². The van der Waals surface area contributed by atoms with Crippen LogP contribution >= 0.6 is 0 Å². The summed E-state index contributed by atoms with van der Waals surface area (Å²) in [7, 11) is 0. The highest BCUT2D eigenvalue weighted by Gasteiger charge is 2.14. The maximum absolute atomic E-state index is 11.5. The van der Waals surface area contributed by atoms with E-state index in [1.807, 2.05) is 0 Å². The minimum Gasteiger partial charge on any atom is -0.481 e. The third kappa shape index (κ3) is 8.68. The van der Waals surface area contributed by atoms with Gasteiger partial charge in [-0.15, -0.1) is 0 Å². The van der Waals surface area contributed by atoms with Gasteiger partial charge in [0.25, 0.3) is 0 Å². The lowest BCUT2D eigenvalue weighted by molar-refractivity contribution is -0.138. The van der Waals surface area contributed by atoms with E-state index in [9.17, 15) is 9.59 Å². The Bertz CT molecular complexity index is 243. The van der Waals surface area contributed by atoms with E-state index >= 15 is 0 Å². The summed E-state index contributed by atoms with van der Waals surface area (Å²) < 4.78 is 5.33. The molecule has 5 nitrogen and oxygen atoms in total. The van der Waals surface area contributed by atoms with Crippen LogP contribution in [0.1, 0.15) is 40.0 Å². The van der Waals surface area contributed by atoms with Crippen molar-refractivity contribution in [2.45, 2.75) is 46.1 Å². The average Bonchev–Trinajstić information content (AvgIpc) is 2.25. The lowest BCUT2D eigenvalue weighted by atomic mass is 10.1. The molecule has 2 unspecified atom stereocenters. The maximum atomic E-state index is 11.5. The molecule has 0 fully saturated rings. The fraction of sp³-hybridized carbons (Fsp3) is 0.833. The van der Waals surface area contributed by atoms with E-state index in [1.54, 1.807) is 13.8 Å². The molecule has 0 heterocycles. The number of unbranched alkanes of at least 4 members (excludes halogenated alkanes) is 1. The van der Waals surface area contributed by atoms with Crippen LogP contribution in [0.5, 0.6) is 0 Å². The lowest BCUT2D eigenvalue weighted by Gasteiger charge is -2.15. The molecule has 1 amide bonds. The predicted molar refractivity (Wildman–Crippen MR) is 64.7 cm³/mol. The molecule has 2 atom stereocenters. The van der Waals surface area contributed by atoms with Crippen LogP contribution < -0.4 is 5.32 Å². The summed E-state index contributed by atoms with van der Waals surface area (Å²) in [5, 5.41) is 11.3. The van der Waals surface area contributed by atoms with Crippen LogP contribution in [-0.4, -0.2) is 36.2 Å². The zero-order valence-electron chi connectivity index (χ0n) is 10.9. The number of carboxylic acids is 1. The Balaban J connectivity index is 3.73. The van der Waals surface area contributed by atoms with Gasteiger partial charge in [-0.05, 0) is 19.3 Å². The molecular weight excluding hydrogens is 222 g/mol. The lowest BCUT2D eigenvalue weighted by Crippen LogP contribution is -2.37. The van der Waals surface area contributed by atoms with E-state index in [2.05, 4.69) is 12.2 Å². The SMILES string of the molecule is CCCCOC(C)C(=O)NCC(C)CC(=O)O. The van der Waals surface area contributed by atoms with Crippen molar-refractivity contribution in [3.63, 3.8) is 0 Å². The normalized spacial score (nSPS) is 14.1. The summed E-state index contributed by atoms with van der Waals surface area (Å²) in [6.07, 6.45) is 1.56. The van der Waals surface area contributed by atoms with Crippen molar-refractivity contribution in [2.24, 2.45) is 5.92 Å². The van der Waals surface area contributed by atoms with Crippen molar-refractivity contribution < 1.29 is 19.4 Å². The molecule has 2 N–H and O–H groups in total. The van der Waals surface area contributed by atoms with Crippen molar-refractivity contribution in [2.75, 3.05) is 13.2 Å². The van der Waals surface area contributed by atoms with Crippen molar-refractivity contribution in [3.8, 4) is 0 Å². The summed E-state index contributed by atoms with van der Waals surface area (Å²) in [6, 6.07) is 0. The van der Waals surface area contributed by atoms with Gasteiger partial charge in [0.05, 0.1) is 0 Å². The van der Waals surface area contributed by atoms with Crippen molar-refractivity contribution in [1.82, 2.24) is 5.32 Å². The van der Waals surface area contributed by atoms with Gasteiger partial charge in [0.2, 0.25) is 5.91 Å². The van der Waals surface area contributed by atoms with E-state index in [0.29, 0.717) is 13.2 Å². The van der Waals surface area contributed by atoms with Crippen molar-refractivity contribution in [1.29, 1.82) is 0 Å². The second-order valence-corrected chi connectivity index (χ2v) is 4.31. The molecule has 0 saturated heterocycles. The molecule has 0 aliphatic rings. The van der Waals surface area contributed by atoms with Gasteiger partial charge in [-0.1, -0.05) is 20.3 Å². The quantitative estimate of drug-likeness (QED) is 0.602. The van der Waals surface area contributed by atoms with Gasteiger partial charge < -0.3 is 15.2 Å². The summed E-state index contributed by atoms with van der Waals surface area (Å²) >= 11 is 0. The number of ether oxygens (including phenoxy) is 1. The fourth-order valence-electron chi connectivity index (χ4n) is 1.27. The second kappa shape index (κ2) is 8.98. The Kier molecular flexibility index (Phi) is 8.40. The van der Waals surface area contributed by atoms with Gasteiger partial charge in [-0.25, -0.2) is 0 Å². The van der Waals surface area contributed by atoms with Crippen LogP contribution in [-0.2, 0) is 14.3 Å². The number of amides is 1. The molecule has 100 valence electrons. The first kappa shape index (κ1) is 15.9. The maximum Gasteiger partial charge on any atom is 0.303 e. The van der Waals surface area contributed by atoms with Crippen LogP contribution in [0.25, 0.3) is 0 Å². The average molecular weight is 245 g/mol. The zero-order valence-corrected chi connectivity index (χ0v) is 10.9. The molecule has 0 aromatic rings. The number of carbonyl (C=O) groups is 2. The topological polar surface area (TPSA) is 75.6 Å². The number of nitrogens with one attached hydrogen (secondary N) is 1. The minimum absolute atomic E-state index is 0.0609. The third-order valence-electron chi connectivity index (χ3n) is 2.38. The molecule has 0 saturated carbocycles. The number of carboxylic acid groups (broad SMARTS) is 1. The summed E-state index contributed by atoms with van der Waals surface area (Å²) in [6.45, 7) is 6.49. The molecule has 0 rings (SSSR count). The highest BCUT2D eigenvalue weighted by Crippen LogP contribution is 2.00. The Labute approximate surface area is 103 Å². The van der Waals surface area contributed by atoms with E-state index in [-0.39, 0.29) is 18.2 Å². The monoisotopic (exact) mass is 245 g/mol. The van der Waals surface area contributed by atoms with Crippen LogP contribution in [0.4, 0.5) is 0 Å². The molecule has 0 aliphatic carbocycles. The van der Waals surface area contributed by atoms with Crippen molar-refractivity contribution >= 4 is 11.9 Å². The van der Waals surface area contributed by atoms with Gasteiger partial charge >= 0.3 is 5.97 Å². The summed E-state index contributed by atoms with van der Waals surface area (Å²) in [4.78, 5) is 22.0. The smallest absolute Gasteiger partial charge is 0.303 e. The number of hydrogen-bond acceptors (Lipinski definition) is 3. The Morgan fingerprint density at radius 1 is 1.35 bits per heavy atom. The first-order valence-electron chi connectivity index (χ1n) is 6.08. The standard InChI is InChI=1S/C12H23NO4/c1-4-5-6-17-10(3)12(16)13-8-9(2)7-11(14)15/h9-10H,4-8H2,1-3H3,(H,13,16)(H,14,15). The summed E-state index contributed by atoms with van der Waals surface area (Å²) in [5.74, 6) is -1.10. The fourth-order valence-corrected chi connectivity index (χ4v) is 1.27.